The second kappa shape index (κ2) is 12.7. The molecule has 2 heterocycles. The van der Waals surface area contributed by atoms with Crippen molar-refractivity contribution in [3.05, 3.63) is 125 Å². The van der Waals surface area contributed by atoms with E-state index in [-0.39, 0.29) is 11.7 Å². The van der Waals surface area contributed by atoms with Gasteiger partial charge in [0.15, 0.2) is 0 Å². The van der Waals surface area contributed by atoms with Crippen LogP contribution in [0, 0.1) is 5.82 Å². The fourth-order valence-electron chi connectivity index (χ4n) is 7.61. The van der Waals surface area contributed by atoms with Crippen molar-refractivity contribution in [1.29, 1.82) is 0 Å². The molecule has 6 nitrogen and oxygen atoms in total. The number of anilines is 1. The maximum Gasteiger partial charge on any atom is 0.405 e. The van der Waals surface area contributed by atoms with Crippen molar-refractivity contribution in [1.82, 2.24) is 15.1 Å². The van der Waals surface area contributed by atoms with Crippen molar-refractivity contribution in [2.45, 2.75) is 37.5 Å². The zero-order chi connectivity index (χ0) is 33.5. The molecule has 1 fully saturated rings. The van der Waals surface area contributed by atoms with Gasteiger partial charge in [0, 0.05) is 50.5 Å². The van der Waals surface area contributed by atoms with Gasteiger partial charge in [-0.2, -0.15) is 13.2 Å². The molecule has 4 aromatic rings. The van der Waals surface area contributed by atoms with Crippen LogP contribution in [0.25, 0.3) is 11.1 Å². The molecule has 4 aromatic carbocycles. The summed E-state index contributed by atoms with van der Waals surface area (Å²) < 4.78 is 53.3. The molecular formula is C38H36F4N4O2. The number of nitrogens with zero attached hydrogens (tertiary/aromatic N) is 3. The first kappa shape index (κ1) is 31.9. The summed E-state index contributed by atoms with van der Waals surface area (Å²) in [5, 5.41) is 2.21. The van der Waals surface area contributed by atoms with Gasteiger partial charge in [-0.25, -0.2) is 4.39 Å². The Labute approximate surface area is 277 Å². The van der Waals surface area contributed by atoms with Crippen LogP contribution in [0.4, 0.5) is 23.2 Å². The first-order chi connectivity index (χ1) is 23.1. The first-order valence-corrected chi connectivity index (χ1v) is 16.3. The largest absolute Gasteiger partial charge is 0.405 e. The van der Waals surface area contributed by atoms with Crippen molar-refractivity contribution in [3.8, 4) is 11.1 Å². The lowest BCUT2D eigenvalue weighted by atomic mass is 9.73. The number of carbonyl (C=O) groups excluding carboxylic acids is 2. The molecule has 7 rings (SSSR count). The van der Waals surface area contributed by atoms with E-state index in [2.05, 4.69) is 15.1 Å². The van der Waals surface area contributed by atoms with Crippen LogP contribution >= 0.6 is 0 Å². The van der Waals surface area contributed by atoms with E-state index in [1.165, 1.54) is 12.1 Å². The maximum atomic E-state index is 13.8. The number of nitrogens with one attached hydrogen (secondary N) is 1. The number of rotatable bonds is 9. The summed E-state index contributed by atoms with van der Waals surface area (Å²) in [5.41, 5.74) is 5.42. The van der Waals surface area contributed by atoms with Gasteiger partial charge >= 0.3 is 6.18 Å². The molecule has 0 atom stereocenters. The molecule has 248 valence electrons. The third-order valence-electron chi connectivity index (χ3n) is 9.90. The van der Waals surface area contributed by atoms with E-state index < -0.39 is 24.0 Å². The van der Waals surface area contributed by atoms with Crippen LogP contribution in [-0.4, -0.2) is 67.1 Å². The Balaban J connectivity index is 1.00. The number of piperazine rings is 1. The summed E-state index contributed by atoms with van der Waals surface area (Å²) in [7, 11) is 0. The zero-order valence-corrected chi connectivity index (χ0v) is 26.4. The van der Waals surface area contributed by atoms with E-state index in [0.29, 0.717) is 38.0 Å². The molecule has 0 radical (unpaired) electrons. The van der Waals surface area contributed by atoms with Gasteiger partial charge < -0.3 is 15.1 Å². The highest BCUT2D eigenvalue weighted by atomic mass is 19.4. The lowest BCUT2D eigenvalue weighted by molar-refractivity contribution is -0.141. The zero-order valence-electron chi connectivity index (χ0n) is 26.4. The number of halogens is 4. The van der Waals surface area contributed by atoms with E-state index in [1.807, 2.05) is 72.8 Å². The highest BCUT2D eigenvalue weighted by molar-refractivity contribution is 6.01. The van der Waals surface area contributed by atoms with E-state index in [0.717, 1.165) is 65.2 Å². The number of benzene rings is 4. The summed E-state index contributed by atoms with van der Waals surface area (Å²) >= 11 is 0. The summed E-state index contributed by atoms with van der Waals surface area (Å²) in [6, 6.07) is 27.4. The van der Waals surface area contributed by atoms with E-state index in [9.17, 15) is 27.2 Å². The minimum Gasteiger partial charge on any atom is -0.369 e. The molecule has 1 saturated heterocycles. The predicted octanol–water partition coefficient (Wildman–Crippen LogP) is 6.53. The number of carbonyl (C=O) groups is 2. The molecule has 48 heavy (non-hydrogen) atoms. The molecule has 1 N–H and O–H groups in total. The Hall–Kier alpha value is -4.70. The van der Waals surface area contributed by atoms with Crippen molar-refractivity contribution in [2.24, 2.45) is 0 Å². The van der Waals surface area contributed by atoms with Gasteiger partial charge in [-0.05, 0) is 77.0 Å². The fraction of sp³-hybridized carbons (Fsp3) is 0.316. The first-order valence-electron chi connectivity index (χ1n) is 16.3. The Morgan fingerprint density at radius 1 is 0.812 bits per heavy atom. The number of alkyl halides is 3. The quantitative estimate of drug-likeness (QED) is 0.208. The minimum absolute atomic E-state index is 0.0574. The van der Waals surface area contributed by atoms with Crippen molar-refractivity contribution in [2.75, 3.05) is 44.2 Å². The van der Waals surface area contributed by atoms with Gasteiger partial charge in [0.05, 0.1) is 0 Å². The number of fused-ring (bicyclic) bond motifs is 4. The molecule has 2 aliphatic heterocycles. The normalized spacial score (nSPS) is 16.9. The SMILES string of the molecule is O=C1c2cc(N3CCN(CCCC4(C(=O)NCC(F)(F)F)c5ccccc5-c5ccccc54)CC3)ccc2CN1Cc1cccc(F)c1. The molecule has 1 aliphatic carbocycles. The summed E-state index contributed by atoms with van der Waals surface area (Å²) in [6.45, 7) is 3.22. The monoisotopic (exact) mass is 656 g/mol. The molecular weight excluding hydrogens is 620 g/mol. The molecule has 0 saturated carbocycles. The Morgan fingerprint density at radius 3 is 2.17 bits per heavy atom. The summed E-state index contributed by atoms with van der Waals surface area (Å²) in [6.07, 6.45) is -3.51. The molecule has 0 unspecified atom stereocenters. The highest BCUT2D eigenvalue weighted by Crippen LogP contribution is 2.51. The van der Waals surface area contributed by atoms with Crippen LogP contribution in [0.1, 0.15) is 45.5 Å². The lowest BCUT2D eigenvalue weighted by Gasteiger charge is -2.37. The highest BCUT2D eigenvalue weighted by Gasteiger charge is 2.49. The van der Waals surface area contributed by atoms with Crippen LogP contribution < -0.4 is 10.2 Å². The second-order valence-electron chi connectivity index (χ2n) is 12.9. The topological polar surface area (TPSA) is 55.9 Å². The van der Waals surface area contributed by atoms with Gasteiger partial charge in [-0.15, -0.1) is 0 Å². The third-order valence-corrected chi connectivity index (χ3v) is 9.90. The smallest absolute Gasteiger partial charge is 0.369 e. The maximum absolute atomic E-state index is 13.8. The van der Waals surface area contributed by atoms with Gasteiger partial charge in [0.2, 0.25) is 5.91 Å². The Kier molecular flexibility index (Phi) is 8.45. The molecule has 10 heteroatoms. The van der Waals surface area contributed by atoms with Crippen LogP contribution in [0.5, 0.6) is 0 Å². The van der Waals surface area contributed by atoms with E-state index in [4.69, 9.17) is 0 Å². The van der Waals surface area contributed by atoms with Crippen molar-refractivity contribution in [3.63, 3.8) is 0 Å². The Bertz CT molecular complexity index is 1810. The lowest BCUT2D eigenvalue weighted by Crippen LogP contribution is -2.48. The van der Waals surface area contributed by atoms with Crippen LogP contribution in [0.3, 0.4) is 0 Å². The standard InChI is InChI=1S/C38H36F4N4O2/c39-28-8-5-7-26(21-28)23-46-24-27-13-14-29(22-32(27)35(46)47)45-19-17-44(18-20-45)16-6-15-37(36(48)43-25-38(40,41)42)33-11-3-1-9-30(33)31-10-2-4-12-34(31)37/h1-5,7-14,21-22H,6,15-20,23-25H2,(H,43,48). The number of hydrogen-bond acceptors (Lipinski definition) is 4. The predicted molar refractivity (Wildman–Crippen MR) is 176 cm³/mol. The molecule has 2 amide bonds. The fourth-order valence-corrected chi connectivity index (χ4v) is 7.61. The molecule has 0 bridgehead atoms. The minimum atomic E-state index is -4.51. The average molecular weight is 657 g/mol. The molecule has 0 spiro atoms. The summed E-state index contributed by atoms with van der Waals surface area (Å²) in [4.78, 5) is 33.3. The van der Waals surface area contributed by atoms with E-state index in [1.54, 1.807) is 11.0 Å². The van der Waals surface area contributed by atoms with E-state index >= 15 is 0 Å². The van der Waals surface area contributed by atoms with Crippen LogP contribution in [0.2, 0.25) is 0 Å². The van der Waals surface area contributed by atoms with Crippen molar-refractivity contribution >= 4 is 17.5 Å². The number of hydrogen-bond donors (Lipinski definition) is 1. The number of amides is 2. The average Bonchev–Trinajstić information content (AvgIpc) is 3.55. The van der Waals surface area contributed by atoms with Crippen molar-refractivity contribution < 1.29 is 27.2 Å². The Morgan fingerprint density at radius 2 is 1.50 bits per heavy atom. The summed E-state index contributed by atoms with van der Waals surface area (Å²) in [5.74, 6) is -1.00. The van der Waals surface area contributed by atoms with Gasteiger partial charge in [0.1, 0.15) is 17.8 Å². The molecule has 3 aliphatic rings. The molecule has 0 aromatic heterocycles. The second-order valence-corrected chi connectivity index (χ2v) is 12.9. The third kappa shape index (κ3) is 6.05. The van der Waals surface area contributed by atoms with Crippen LogP contribution in [0.15, 0.2) is 91.0 Å². The van der Waals surface area contributed by atoms with Gasteiger partial charge in [-0.3, -0.25) is 14.5 Å². The van der Waals surface area contributed by atoms with Crippen LogP contribution in [-0.2, 0) is 23.3 Å². The van der Waals surface area contributed by atoms with Gasteiger partial charge in [0.25, 0.3) is 5.91 Å². The van der Waals surface area contributed by atoms with Gasteiger partial charge in [-0.1, -0.05) is 66.7 Å².